The van der Waals surface area contributed by atoms with Gasteiger partial charge in [-0.1, -0.05) is 0 Å². The minimum absolute atomic E-state index is 0.0626. The molecule has 19 heavy (non-hydrogen) atoms. The van der Waals surface area contributed by atoms with Crippen molar-refractivity contribution in [1.82, 2.24) is 20.7 Å². The van der Waals surface area contributed by atoms with Crippen LogP contribution in [0, 0.1) is 13.8 Å². The number of H-pyrrole nitrogens is 1. The van der Waals surface area contributed by atoms with E-state index < -0.39 is 0 Å². The molecule has 0 atom stereocenters. The Hall–Kier alpha value is -1.69. The number of nitrogens with one attached hydrogen (secondary N) is 2. The summed E-state index contributed by atoms with van der Waals surface area (Å²) in [5.74, 6) is 0.0626. The highest BCUT2D eigenvalue weighted by molar-refractivity contribution is 7.12. The van der Waals surface area contributed by atoms with Crippen LogP contribution in [0.3, 0.4) is 0 Å². The van der Waals surface area contributed by atoms with Gasteiger partial charge in [-0.3, -0.25) is 4.79 Å². The molecule has 0 aliphatic rings. The van der Waals surface area contributed by atoms with Crippen molar-refractivity contribution in [2.45, 2.75) is 39.7 Å². The highest BCUT2D eigenvalue weighted by Gasteiger charge is 2.06. The average molecular weight is 278 g/mol. The van der Waals surface area contributed by atoms with Crippen molar-refractivity contribution in [3.8, 4) is 0 Å². The van der Waals surface area contributed by atoms with Gasteiger partial charge in [-0.05, 0) is 38.3 Å². The Kier molecular flexibility index (Phi) is 4.68. The summed E-state index contributed by atoms with van der Waals surface area (Å²) < 4.78 is 0. The molecule has 0 bridgehead atoms. The lowest BCUT2D eigenvalue weighted by Crippen LogP contribution is -2.22. The van der Waals surface area contributed by atoms with Gasteiger partial charge in [0.15, 0.2) is 0 Å². The van der Waals surface area contributed by atoms with Crippen LogP contribution in [0.25, 0.3) is 0 Å². The first-order valence-corrected chi connectivity index (χ1v) is 7.14. The largest absolute Gasteiger partial charge is 0.350 e. The van der Waals surface area contributed by atoms with E-state index in [1.54, 1.807) is 6.20 Å². The molecular weight excluding hydrogens is 260 g/mol. The van der Waals surface area contributed by atoms with E-state index in [2.05, 4.69) is 40.6 Å². The molecule has 0 unspecified atom stereocenters. The van der Waals surface area contributed by atoms with Crippen LogP contribution >= 0.6 is 11.3 Å². The van der Waals surface area contributed by atoms with Gasteiger partial charge in [0, 0.05) is 16.2 Å². The maximum absolute atomic E-state index is 11.7. The quantitative estimate of drug-likeness (QED) is 0.850. The van der Waals surface area contributed by atoms with Crippen molar-refractivity contribution < 1.29 is 4.79 Å². The molecule has 0 aromatic carbocycles. The molecule has 2 rings (SSSR count). The smallest absolute Gasteiger partial charge is 0.220 e. The minimum atomic E-state index is 0.0626. The fourth-order valence-electron chi connectivity index (χ4n) is 1.96. The molecule has 0 aliphatic carbocycles. The fourth-order valence-corrected chi connectivity index (χ4v) is 2.94. The predicted molar refractivity (Wildman–Crippen MR) is 75.0 cm³/mol. The number of hydrogen-bond donors (Lipinski definition) is 2. The predicted octanol–water partition coefficient (Wildman–Crippen LogP) is 2.12. The Morgan fingerprint density at radius 1 is 1.47 bits per heavy atom. The van der Waals surface area contributed by atoms with Gasteiger partial charge >= 0.3 is 0 Å². The Morgan fingerprint density at radius 3 is 2.95 bits per heavy atom. The van der Waals surface area contributed by atoms with Crippen LogP contribution in [0.15, 0.2) is 12.3 Å². The summed E-state index contributed by atoms with van der Waals surface area (Å²) >= 11 is 1.82. The molecule has 0 saturated heterocycles. The zero-order valence-electron chi connectivity index (χ0n) is 11.2. The Balaban J connectivity index is 1.68. The van der Waals surface area contributed by atoms with Crippen LogP contribution in [0.1, 0.15) is 33.9 Å². The van der Waals surface area contributed by atoms with E-state index in [1.807, 2.05) is 11.3 Å². The van der Waals surface area contributed by atoms with Crippen molar-refractivity contribution in [3.05, 3.63) is 33.3 Å². The number of aromatic nitrogens is 3. The number of nitrogens with zero attached hydrogens (tertiary/aromatic N) is 2. The van der Waals surface area contributed by atoms with E-state index in [-0.39, 0.29) is 5.91 Å². The highest BCUT2D eigenvalue weighted by Crippen LogP contribution is 2.22. The second-order valence-electron chi connectivity index (χ2n) is 4.53. The third kappa shape index (κ3) is 4.17. The summed E-state index contributed by atoms with van der Waals surface area (Å²) in [4.78, 5) is 14.3. The number of hydrogen-bond acceptors (Lipinski definition) is 4. The number of aryl methyl sites for hydroxylation is 3. The summed E-state index contributed by atoms with van der Waals surface area (Å²) in [5.41, 5.74) is 2.12. The Morgan fingerprint density at radius 2 is 2.32 bits per heavy atom. The van der Waals surface area contributed by atoms with Crippen molar-refractivity contribution in [2.24, 2.45) is 0 Å². The monoisotopic (exact) mass is 278 g/mol. The van der Waals surface area contributed by atoms with Crippen LogP contribution in [0.5, 0.6) is 0 Å². The van der Waals surface area contributed by atoms with E-state index in [0.29, 0.717) is 13.0 Å². The van der Waals surface area contributed by atoms with Crippen molar-refractivity contribution in [2.75, 3.05) is 0 Å². The standard InChI is InChI=1S/C13H18N4OS/c1-9-6-11(10(2)19-9)4-3-5-13(18)14-7-12-8-15-17-16-12/h6,8H,3-5,7H2,1-2H3,(H,14,18)(H,15,16,17). The molecule has 6 heteroatoms. The van der Waals surface area contributed by atoms with Gasteiger partial charge in [-0.15, -0.1) is 11.3 Å². The van der Waals surface area contributed by atoms with Crippen LogP contribution < -0.4 is 5.32 Å². The summed E-state index contributed by atoms with van der Waals surface area (Å²) in [7, 11) is 0. The van der Waals surface area contributed by atoms with Crippen LogP contribution in [-0.2, 0) is 17.8 Å². The van der Waals surface area contributed by atoms with Gasteiger partial charge < -0.3 is 5.32 Å². The SMILES string of the molecule is Cc1cc(CCCC(=O)NCc2cn[nH]n2)c(C)s1. The lowest BCUT2D eigenvalue weighted by Gasteiger charge is -2.03. The lowest BCUT2D eigenvalue weighted by molar-refractivity contribution is -0.121. The van der Waals surface area contributed by atoms with Crippen molar-refractivity contribution in [1.29, 1.82) is 0 Å². The van der Waals surface area contributed by atoms with Crippen molar-refractivity contribution >= 4 is 17.2 Å². The van der Waals surface area contributed by atoms with Gasteiger partial charge in [0.2, 0.25) is 5.91 Å². The highest BCUT2D eigenvalue weighted by atomic mass is 32.1. The van der Waals surface area contributed by atoms with Gasteiger partial charge in [0.25, 0.3) is 0 Å². The summed E-state index contributed by atoms with van der Waals surface area (Å²) in [6.45, 7) is 4.69. The fraction of sp³-hybridized carbons (Fsp3) is 0.462. The van der Waals surface area contributed by atoms with Gasteiger partial charge in [0.1, 0.15) is 5.69 Å². The molecule has 0 fully saturated rings. The lowest BCUT2D eigenvalue weighted by atomic mass is 10.1. The molecule has 0 saturated carbocycles. The van der Waals surface area contributed by atoms with Gasteiger partial charge in [-0.2, -0.15) is 15.4 Å². The molecule has 2 aromatic rings. The second kappa shape index (κ2) is 6.47. The van der Waals surface area contributed by atoms with Crippen molar-refractivity contribution in [3.63, 3.8) is 0 Å². The molecule has 0 spiro atoms. The zero-order valence-corrected chi connectivity index (χ0v) is 12.0. The molecule has 102 valence electrons. The van der Waals surface area contributed by atoms with E-state index in [0.717, 1.165) is 18.5 Å². The van der Waals surface area contributed by atoms with Gasteiger partial charge in [-0.25, -0.2) is 0 Å². The van der Waals surface area contributed by atoms with Gasteiger partial charge in [0.05, 0.1) is 12.7 Å². The van der Waals surface area contributed by atoms with Crippen LogP contribution in [-0.4, -0.2) is 21.3 Å². The first-order valence-electron chi connectivity index (χ1n) is 6.32. The number of carbonyl (C=O) groups excluding carboxylic acids is 1. The first-order chi connectivity index (χ1) is 9.15. The number of rotatable bonds is 6. The number of aromatic amines is 1. The third-order valence-corrected chi connectivity index (χ3v) is 3.93. The molecule has 2 heterocycles. The number of carbonyl (C=O) groups is 1. The van der Waals surface area contributed by atoms with E-state index in [4.69, 9.17) is 0 Å². The Labute approximate surface area is 116 Å². The zero-order chi connectivity index (χ0) is 13.7. The second-order valence-corrected chi connectivity index (χ2v) is 5.99. The number of thiophene rings is 1. The maximum Gasteiger partial charge on any atom is 0.220 e. The minimum Gasteiger partial charge on any atom is -0.350 e. The van der Waals surface area contributed by atoms with E-state index >= 15 is 0 Å². The van der Waals surface area contributed by atoms with Crippen LogP contribution in [0.2, 0.25) is 0 Å². The van der Waals surface area contributed by atoms with E-state index in [9.17, 15) is 4.79 Å². The topological polar surface area (TPSA) is 70.7 Å². The molecule has 0 radical (unpaired) electrons. The first kappa shape index (κ1) is 13.7. The van der Waals surface area contributed by atoms with Crippen LogP contribution in [0.4, 0.5) is 0 Å². The number of amides is 1. The molecule has 0 aliphatic heterocycles. The molecule has 1 amide bonds. The third-order valence-electron chi connectivity index (χ3n) is 2.93. The molecular formula is C13H18N4OS. The summed E-state index contributed by atoms with van der Waals surface area (Å²) in [5, 5.41) is 12.9. The summed E-state index contributed by atoms with van der Waals surface area (Å²) in [6.07, 6.45) is 4.00. The normalized spacial score (nSPS) is 10.6. The summed E-state index contributed by atoms with van der Waals surface area (Å²) in [6, 6.07) is 2.22. The average Bonchev–Trinajstić information content (AvgIpc) is 2.97. The molecule has 2 N–H and O–H groups in total. The molecule has 5 nitrogen and oxygen atoms in total. The Bertz CT molecular complexity index is 533. The van der Waals surface area contributed by atoms with E-state index in [1.165, 1.54) is 15.3 Å². The maximum atomic E-state index is 11.7. The molecule has 2 aromatic heterocycles.